The van der Waals surface area contributed by atoms with Crippen LogP contribution in [0.5, 0.6) is 0 Å². The van der Waals surface area contributed by atoms with E-state index in [1.165, 1.54) is 19.0 Å². The molecule has 0 bridgehead atoms. The van der Waals surface area contributed by atoms with Crippen LogP contribution in [0.1, 0.15) is 12.8 Å². The van der Waals surface area contributed by atoms with E-state index in [1.54, 1.807) is 0 Å². The van der Waals surface area contributed by atoms with Crippen LogP contribution in [0.25, 0.3) is 0 Å². The molecule has 1 saturated carbocycles. The van der Waals surface area contributed by atoms with E-state index in [4.69, 9.17) is 0 Å². The predicted molar refractivity (Wildman–Crippen MR) is 44.4 cm³/mol. The summed E-state index contributed by atoms with van der Waals surface area (Å²) in [4.78, 5) is 0. The van der Waals surface area contributed by atoms with E-state index in [-0.39, 0.29) is 0 Å². The van der Waals surface area contributed by atoms with Gasteiger partial charge in [-0.2, -0.15) is 0 Å². The van der Waals surface area contributed by atoms with Gasteiger partial charge in [0, 0.05) is 6.04 Å². The third-order valence-electron chi connectivity index (χ3n) is 1.50. The SMILES string of the molecule is C[Si](C)(C)CNC1CC1. The summed E-state index contributed by atoms with van der Waals surface area (Å²) in [5.41, 5.74) is 0. The van der Waals surface area contributed by atoms with Gasteiger partial charge in [-0.05, 0) is 19.0 Å². The summed E-state index contributed by atoms with van der Waals surface area (Å²) in [5, 5.41) is 3.56. The smallest absolute Gasteiger partial charge is 0.0596 e. The molecule has 54 valence electrons. The highest BCUT2D eigenvalue weighted by atomic mass is 28.3. The second-order valence-electron chi connectivity index (χ2n) is 4.22. The zero-order valence-electron chi connectivity index (χ0n) is 6.70. The molecule has 0 aliphatic heterocycles. The topological polar surface area (TPSA) is 12.0 Å². The fourth-order valence-electron chi connectivity index (χ4n) is 0.738. The molecule has 1 rings (SSSR count). The van der Waals surface area contributed by atoms with Crippen molar-refractivity contribution < 1.29 is 0 Å². The Morgan fingerprint density at radius 2 is 1.89 bits per heavy atom. The van der Waals surface area contributed by atoms with Crippen LogP contribution in [0.2, 0.25) is 19.6 Å². The highest BCUT2D eigenvalue weighted by Gasteiger charge is 2.23. The summed E-state index contributed by atoms with van der Waals surface area (Å²) in [6, 6.07) is 0.900. The fraction of sp³-hybridized carbons (Fsp3) is 1.00. The van der Waals surface area contributed by atoms with Crippen molar-refractivity contribution in [2.24, 2.45) is 0 Å². The van der Waals surface area contributed by atoms with Gasteiger partial charge in [0.15, 0.2) is 0 Å². The minimum atomic E-state index is -0.791. The maximum absolute atomic E-state index is 3.56. The Morgan fingerprint density at radius 3 is 2.22 bits per heavy atom. The first-order chi connectivity index (χ1) is 4.08. The molecular formula is C7H17NSi. The lowest BCUT2D eigenvalue weighted by Gasteiger charge is -2.15. The Kier molecular flexibility index (Phi) is 1.96. The first-order valence-corrected chi connectivity index (χ1v) is 7.52. The molecule has 1 aliphatic rings. The maximum Gasteiger partial charge on any atom is 0.0596 e. The Bertz CT molecular complexity index is 91.6. The van der Waals surface area contributed by atoms with Crippen molar-refractivity contribution >= 4 is 8.07 Å². The van der Waals surface area contributed by atoms with Gasteiger partial charge in [-0.25, -0.2) is 0 Å². The lowest BCUT2D eigenvalue weighted by Crippen LogP contribution is -2.37. The normalized spacial score (nSPS) is 20.3. The van der Waals surface area contributed by atoms with Crippen LogP contribution in [-0.2, 0) is 0 Å². The molecule has 1 N–H and O–H groups in total. The quantitative estimate of drug-likeness (QED) is 0.592. The van der Waals surface area contributed by atoms with Crippen molar-refractivity contribution in [1.82, 2.24) is 5.32 Å². The van der Waals surface area contributed by atoms with E-state index < -0.39 is 8.07 Å². The third-order valence-corrected chi connectivity index (χ3v) is 2.76. The first kappa shape index (κ1) is 7.29. The molecular weight excluding hydrogens is 126 g/mol. The van der Waals surface area contributed by atoms with Crippen LogP contribution in [0.4, 0.5) is 0 Å². The summed E-state index contributed by atoms with van der Waals surface area (Å²) in [7, 11) is -0.791. The minimum absolute atomic E-state index is 0.791. The first-order valence-electron chi connectivity index (χ1n) is 3.81. The summed E-state index contributed by atoms with van der Waals surface area (Å²) in [5.74, 6) is 0. The number of hydrogen-bond donors (Lipinski definition) is 1. The molecule has 0 radical (unpaired) electrons. The predicted octanol–water partition coefficient (Wildman–Crippen LogP) is 1.62. The van der Waals surface area contributed by atoms with Crippen LogP contribution < -0.4 is 5.32 Å². The molecule has 1 fully saturated rings. The van der Waals surface area contributed by atoms with Gasteiger partial charge < -0.3 is 5.32 Å². The standard InChI is InChI=1S/C7H17NSi/c1-9(2,3)6-8-7-4-5-7/h7-8H,4-6H2,1-3H3. The largest absolute Gasteiger partial charge is 0.317 e. The van der Waals surface area contributed by atoms with Crippen molar-refractivity contribution in [1.29, 1.82) is 0 Å². The molecule has 0 amide bonds. The van der Waals surface area contributed by atoms with Gasteiger partial charge in [0.2, 0.25) is 0 Å². The zero-order valence-corrected chi connectivity index (χ0v) is 7.70. The molecule has 1 nitrogen and oxygen atoms in total. The molecule has 1 aliphatic carbocycles. The van der Waals surface area contributed by atoms with E-state index in [1.807, 2.05) is 0 Å². The van der Waals surface area contributed by atoms with Gasteiger partial charge in [-0.15, -0.1) is 0 Å². The Morgan fingerprint density at radius 1 is 1.33 bits per heavy atom. The molecule has 0 heterocycles. The van der Waals surface area contributed by atoms with E-state index >= 15 is 0 Å². The lowest BCUT2D eigenvalue weighted by atomic mass is 10.7. The fourth-order valence-corrected chi connectivity index (χ4v) is 1.64. The number of hydrogen-bond acceptors (Lipinski definition) is 1. The molecule has 0 unspecified atom stereocenters. The van der Waals surface area contributed by atoms with Crippen molar-refractivity contribution in [3.05, 3.63) is 0 Å². The summed E-state index contributed by atoms with van der Waals surface area (Å²) in [6.45, 7) is 7.22. The van der Waals surface area contributed by atoms with Gasteiger partial charge in [-0.1, -0.05) is 19.6 Å². The molecule has 0 aromatic carbocycles. The average molecular weight is 143 g/mol. The van der Waals surface area contributed by atoms with Gasteiger partial charge in [-0.3, -0.25) is 0 Å². The maximum atomic E-state index is 3.56. The molecule has 0 aromatic heterocycles. The lowest BCUT2D eigenvalue weighted by molar-refractivity contribution is 0.770. The van der Waals surface area contributed by atoms with Gasteiger partial charge in [0.05, 0.1) is 8.07 Å². The van der Waals surface area contributed by atoms with Gasteiger partial charge in [0.25, 0.3) is 0 Å². The monoisotopic (exact) mass is 143 g/mol. The molecule has 0 saturated heterocycles. The Hall–Kier alpha value is 0.177. The summed E-state index contributed by atoms with van der Waals surface area (Å²) < 4.78 is 0. The summed E-state index contributed by atoms with van der Waals surface area (Å²) >= 11 is 0. The average Bonchev–Trinajstić information content (AvgIpc) is 2.38. The van der Waals surface area contributed by atoms with Crippen molar-refractivity contribution in [3.8, 4) is 0 Å². The number of nitrogens with one attached hydrogen (secondary N) is 1. The van der Waals surface area contributed by atoms with Crippen molar-refractivity contribution in [3.63, 3.8) is 0 Å². The van der Waals surface area contributed by atoms with Crippen molar-refractivity contribution in [2.45, 2.75) is 38.5 Å². The van der Waals surface area contributed by atoms with Crippen molar-refractivity contribution in [2.75, 3.05) is 6.17 Å². The van der Waals surface area contributed by atoms with Gasteiger partial charge in [0.1, 0.15) is 0 Å². The zero-order chi connectivity index (χ0) is 6.91. The van der Waals surface area contributed by atoms with Crippen LogP contribution >= 0.6 is 0 Å². The second kappa shape index (κ2) is 2.43. The van der Waals surface area contributed by atoms with Crippen LogP contribution in [0.15, 0.2) is 0 Å². The molecule has 2 heteroatoms. The second-order valence-corrected chi connectivity index (χ2v) is 9.69. The van der Waals surface area contributed by atoms with E-state index in [0.717, 1.165) is 6.04 Å². The molecule has 0 aromatic rings. The van der Waals surface area contributed by atoms with Crippen LogP contribution in [-0.4, -0.2) is 20.3 Å². The Balaban J connectivity index is 2.03. The highest BCUT2D eigenvalue weighted by Crippen LogP contribution is 2.18. The Labute approximate surface area is 58.9 Å². The van der Waals surface area contributed by atoms with E-state index in [0.29, 0.717) is 0 Å². The highest BCUT2D eigenvalue weighted by molar-refractivity contribution is 6.76. The summed E-state index contributed by atoms with van der Waals surface area (Å²) in [6.07, 6.45) is 4.15. The van der Waals surface area contributed by atoms with E-state index in [9.17, 15) is 0 Å². The number of rotatable bonds is 3. The molecule has 0 atom stereocenters. The molecule has 9 heavy (non-hydrogen) atoms. The third kappa shape index (κ3) is 3.70. The molecule has 0 spiro atoms. The van der Waals surface area contributed by atoms with Gasteiger partial charge >= 0.3 is 0 Å². The van der Waals surface area contributed by atoms with E-state index in [2.05, 4.69) is 25.0 Å². The van der Waals surface area contributed by atoms with Crippen LogP contribution in [0.3, 0.4) is 0 Å². The minimum Gasteiger partial charge on any atom is -0.317 e. The van der Waals surface area contributed by atoms with Crippen LogP contribution in [0, 0.1) is 0 Å².